The highest BCUT2D eigenvalue weighted by molar-refractivity contribution is 5.67. The number of hydrogen-bond acceptors (Lipinski definition) is 3. The Hall–Kier alpha value is -1.62. The molecule has 0 radical (unpaired) electrons. The van der Waals surface area contributed by atoms with Crippen molar-refractivity contribution in [2.24, 2.45) is 5.73 Å². The molecule has 0 aliphatic rings. The largest absolute Gasteiger partial charge is 0.444 e. The predicted molar refractivity (Wildman–Crippen MR) is 72.4 cm³/mol. The van der Waals surface area contributed by atoms with Crippen molar-refractivity contribution < 1.29 is 13.9 Å². The van der Waals surface area contributed by atoms with Gasteiger partial charge in [-0.25, -0.2) is 9.18 Å². The van der Waals surface area contributed by atoms with Gasteiger partial charge in [-0.3, -0.25) is 0 Å². The summed E-state index contributed by atoms with van der Waals surface area (Å²) in [4.78, 5) is 11.5. The number of amides is 1. The van der Waals surface area contributed by atoms with E-state index in [0.29, 0.717) is 5.56 Å². The van der Waals surface area contributed by atoms with Crippen LogP contribution < -0.4 is 11.1 Å². The molecule has 0 heterocycles. The number of alkyl carbamates (subject to hydrolysis) is 1. The summed E-state index contributed by atoms with van der Waals surface area (Å²) < 4.78 is 18.7. The molecule has 1 rings (SSSR count). The van der Waals surface area contributed by atoms with Crippen molar-refractivity contribution in [2.45, 2.75) is 32.3 Å². The molecule has 1 unspecified atom stereocenters. The minimum absolute atomic E-state index is 0.242. The highest BCUT2D eigenvalue weighted by atomic mass is 19.1. The summed E-state index contributed by atoms with van der Waals surface area (Å²) in [6.45, 7) is 5.83. The number of carbonyl (C=O) groups is 1. The lowest BCUT2D eigenvalue weighted by Crippen LogP contribution is -2.36. The first-order valence-electron chi connectivity index (χ1n) is 6.25. The summed E-state index contributed by atoms with van der Waals surface area (Å²) in [5.41, 5.74) is 5.57. The van der Waals surface area contributed by atoms with E-state index < -0.39 is 11.7 Å². The third-order valence-corrected chi connectivity index (χ3v) is 2.52. The summed E-state index contributed by atoms with van der Waals surface area (Å²) in [6.07, 6.45) is -0.526. The van der Waals surface area contributed by atoms with E-state index in [0.717, 1.165) is 0 Å². The Balaban J connectivity index is 2.59. The average molecular weight is 268 g/mol. The summed E-state index contributed by atoms with van der Waals surface area (Å²) in [5, 5.41) is 2.61. The fourth-order valence-electron chi connectivity index (χ4n) is 1.65. The molecule has 0 aromatic heterocycles. The van der Waals surface area contributed by atoms with Crippen LogP contribution in [0.25, 0.3) is 0 Å². The number of ether oxygens (including phenoxy) is 1. The third kappa shape index (κ3) is 5.26. The van der Waals surface area contributed by atoms with Crippen LogP contribution >= 0.6 is 0 Å². The molecule has 0 aliphatic heterocycles. The van der Waals surface area contributed by atoms with Gasteiger partial charge in [0.2, 0.25) is 0 Å². The van der Waals surface area contributed by atoms with Gasteiger partial charge in [0.1, 0.15) is 11.4 Å². The smallest absolute Gasteiger partial charge is 0.407 e. The zero-order valence-electron chi connectivity index (χ0n) is 11.6. The second kappa shape index (κ2) is 6.52. The van der Waals surface area contributed by atoms with Gasteiger partial charge in [-0.2, -0.15) is 0 Å². The van der Waals surface area contributed by atoms with Crippen LogP contribution in [0.3, 0.4) is 0 Å². The van der Waals surface area contributed by atoms with Crippen molar-refractivity contribution in [3.63, 3.8) is 0 Å². The minimum Gasteiger partial charge on any atom is -0.444 e. The van der Waals surface area contributed by atoms with Crippen molar-refractivity contribution >= 4 is 6.09 Å². The van der Waals surface area contributed by atoms with E-state index in [-0.39, 0.29) is 24.8 Å². The molecule has 4 nitrogen and oxygen atoms in total. The van der Waals surface area contributed by atoms with Gasteiger partial charge < -0.3 is 15.8 Å². The lowest BCUT2D eigenvalue weighted by molar-refractivity contribution is 0.0524. The fraction of sp³-hybridized carbons (Fsp3) is 0.500. The Morgan fingerprint density at radius 2 is 2.05 bits per heavy atom. The molecule has 1 aromatic rings. The molecule has 0 spiro atoms. The molecule has 0 saturated carbocycles. The summed E-state index contributed by atoms with van der Waals surface area (Å²) >= 11 is 0. The van der Waals surface area contributed by atoms with Gasteiger partial charge in [-0.1, -0.05) is 18.2 Å². The Bertz CT molecular complexity index is 430. The van der Waals surface area contributed by atoms with Crippen LogP contribution in [0.2, 0.25) is 0 Å². The lowest BCUT2D eigenvalue weighted by Gasteiger charge is -2.21. The second-order valence-corrected chi connectivity index (χ2v) is 5.34. The van der Waals surface area contributed by atoms with Crippen LogP contribution in [0.5, 0.6) is 0 Å². The number of hydrogen-bond donors (Lipinski definition) is 2. The molecule has 1 atom stereocenters. The summed E-state index contributed by atoms with van der Waals surface area (Å²) in [5.74, 6) is -0.586. The van der Waals surface area contributed by atoms with E-state index in [1.807, 2.05) is 0 Å². The van der Waals surface area contributed by atoms with Crippen molar-refractivity contribution in [1.82, 2.24) is 5.32 Å². The monoisotopic (exact) mass is 268 g/mol. The normalized spacial score (nSPS) is 12.9. The van der Waals surface area contributed by atoms with Crippen LogP contribution in [0.15, 0.2) is 24.3 Å². The van der Waals surface area contributed by atoms with E-state index in [1.165, 1.54) is 6.07 Å². The number of nitrogens with one attached hydrogen (secondary N) is 1. The van der Waals surface area contributed by atoms with Gasteiger partial charge in [0.15, 0.2) is 0 Å². The average Bonchev–Trinajstić information content (AvgIpc) is 2.29. The highest BCUT2D eigenvalue weighted by Crippen LogP contribution is 2.17. The molecule has 5 heteroatoms. The number of benzene rings is 1. The summed E-state index contributed by atoms with van der Waals surface area (Å²) in [7, 11) is 0. The Morgan fingerprint density at radius 1 is 1.42 bits per heavy atom. The van der Waals surface area contributed by atoms with E-state index in [4.69, 9.17) is 10.5 Å². The predicted octanol–water partition coefficient (Wildman–Crippen LogP) is 2.39. The number of carbonyl (C=O) groups excluding carboxylic acids is 1. The first-order chi connectivity index (χ1) is 8.83. The molecule has 1 aromatic carbocycles. The number of nitrogens with two attached hydrogens (primary N) is 1. The Kier molecular flexibility index (Phi) is 5.30. The number of halogens is 1. The quantitative estimate of drug-likeness (QED) is 0.881. The van der Waals surface area contributed by atoms with Crippen LogP contribution in [0.4, 0.5) is 9.18 Å². The standard InChI is InChI=1S/C14H21FN2O2/c1-14(2,3)19-13(18)17-9-10(8-16)11-6-4-5-7-12(11)15/h4-7,10H,8-9,16H2,1-3H3,(H,17,18). The number of rotatable bonds is 4. The van der Waals surface area contributed by atoms with Crippen LogP contribution in [0, 0.1) is 5.82 Å². The fourth-order valence-corrected chi connectivity index (χ4v) is 1.65. The van der Waals surface area contributed by atoms with E-state index in [1.54, 1.807) is 39.0 Å². The third-order valence-electron chi connectivity index (χ3n) is 2.52. The SMILES string of the molecule is CC(C)(C)OC(=O)NCC(CN)c1ccccc1F. The van der Waals surface area contributed by atoms with Gasteiger partial charge >= 0.3 is 6.09 Å². The molecule has 3 N–H and O–H groups in total. The topological polar surface area (TPSA) is 64.3 Å². The van der Waals surface area contributed by atoms with Crippen molar-refractivity contribution in [1.29, 1.82) is 0 Å². The summed E-state index contributed by atoms with van der Waals surface area (Å²) in [6, 6.07) is 6.41. The Morgan fingerprint density at radius 3 is 2.58 bits per heavy atom. The van der Waals surface area contributed by atoms with Gasteiger partial charge in [0, 0.05) is 19.0 Å². The zero-order valence-corrected chi connectivity index (χ0v) is 11.6. The van der Waals surface area contributed by atoms with Crippen LogP contribution in [-0.2, 0) is 4.74 Å². The van der Waals surface area contributed by atoms with E-state index in [9.17, 15) is 9.18 Å². The molecule has 0 saturated heterocycles. The van der Waals surface area contributed by atoms with E-state index in [2.05, 4.69) is 5.32 Å². The van der Waals surface area contributed by atoms with Crippen molar-refractivity contribution in [3.8, 4) is 0 Å². The van der Waals surface area contributed by atoms with Crippen molar-refractivity contribution in [2.75, 3.05) is 13.1 Å². The maximum Gasteiger partial charge on any atom is 0.407 e. The molecule has 0 aliphatic carbocycles. The molecule has 1 amide bonds. The molecular formula is C14H21FN2O2. The first kappa shape index (κ1) is 15.4. The van der Waals surface area contributed by atoms with Crippen molar-refractivity contribution in [3.05, 3.63) is 35.6 Å². The molecule has 19 heavy (non-hydrogen) atoms. The molecule has 106 valence electrons. The Labute approximate surface area is 113 Å². The van der Waals surface area contributed by atoms with Gasteiger partial charge in [0.05, 0.1) is 0 Å². The molecule has 0 fully saturated rings. The van der Waals surface area contributed by atoms with E-state index >= 15 is 0 Å². The maximum atomic E-state index is 13.6. The second-order valence-electron chi connectivity index (χ2n) is 5.34. The zero-order chi connectivity index (χ0) is 14.5. The van der Waals surface area contributed by atoms with Crippen LogP contribution in [-0.4, -0.2) is 24.8 Å². The van der Waals surface area contributed by atoms with Gasteiger partial charge in [-0.05, 0) is 32.4 Å². The molecule has 0 bridgehead atoms. The van der Waals surface area contributed by atoms with Gasteiger partial charge in [0.25, 0.3) is 0 Å². The van der Waals surface area contributed by atoms with Crippen LogP contribution in [0.1, 0.15) is 32.3 Å². The highest BCUT2D eigenvalue weighted by Gasteiger charge is 2.19. The first-order valence-corrected chi connectivity index (χ1v) is 6.25. The lowest BCUT2D eigenvalue weighted by atomic mass is 9.99. The molecular weight excluding hydrogens is 247 g/mol. The minimum atomic E-state index is -0.555. The maximum absolute atomic E-state index is 13.6. The van der Waals surface area contributed by atoms with Gasteiger partial charge in [-0.15, -0.1) is 0 Å².